The van der Waals surface area contributed by atoms with Crippen LogP contribution in [-0.2, 0) is 17.5 Å². The zero-order valence-corrected chi connectivity index (χ0v) is 16.0. The van der Waals surface area contributed by atoms with Crippen LogP contribution in [0.25, 0.3) is 0 Å². The van der Waals surface area contributed by atoms with Crippen LogP contribution >= 0.6 is 0 Å². The Balaban J connectivity index is 1.98. The van der Waals surface area contributed by atoms with Gasteiger partial charge in [-0.1, -0.05) is 44.2 Å². The van der Waals surface area contributed by atoms with Crippen molar-refractivity contribution in [3.63, 3.8) is 0 Å². The van der Waals surface area contributed by atoms with E-state index in [-0.39, 0.29) is 18.4 Å². The van der Waals surface area contributed by atoms with Gasteiger partial charge in [0.05, 0.1) is 12.1 Å². The van der Waals surface area contributed by atoms with Gasteiger partial charge in [-0.25, -0.2) is 0 Å². The number of nitrogens with one attached hydrogen (secondary N) is 1. The summed E-state index contributed by atoms with van der Waals surface area (Å²) in [5.74, 6) is 0.130. The molecule has 2 aromatic carbocycles. The fourth-order valence-electron chi connectivity index (χ4n) is 2.93. The van der Waals surface area contributed by atoms with E-state index in [9.17, 15) is 18.0 Å². The molecule has 3 nitrogen and oxygen atoms in total. The smallest absolute Gasteiger partial charge is 0.324 e. The molecule has 0 aliphatic heterocycles. The normalized spacial score (nSPS) is 11.9. The van der Waals surface area contributed by atoms with E-state index in [0.29, 0.717) is 6.54 Å². The number of anilines is 1. The number of nitrogens with zero attached hydrogens (tertiary/aromatic N) is 1. The van der Waals surface area contributed by atoms with Crippen molar-refractivity contribution in [2.45, 2.75) is 39.4 Å². The number of para-hydroxylation sites is 1. The largest absolute Gasteiger partial charge is 0.416 e. The van der Waals surface area contributed by atoms with Crippen LogP contribution in [0.2, 0.25) is 0 Å². The van der Waals surface area contributed by atoms with Crippen LogP contribution in [0.15, 0.2) is 42.5 Å². The first-order valence-electron chi connectivity index (χ1n) is 8.82. The van der Waals surface area contributed by atoms with Crippen molar-refractivity contribution >= 4 is 11.6 Å². The molecule has 0 spiro atoms. The maximum absolute atomic E-state index is 12.6. The van der Waals surface area contributed by atoms with Gasteiger partial charge in [0.1, 0.15) is 0 Å². The molecule has 2 rings (SSSR count). The second-order valence-electron chi connectivity index (χ2n) is 7.11. The molecule has 27 heavy (non-hydrogen) atoms. The molecular formula is C21H25F3N2O. The molecule has 146 valence electrons. The number of likely N-dealkylation sites (N-methyl/N-ethyl adjacent to an activating group) is 1. The van der Waals surface area contributed by atoms with Crippen molar-refractivity contribution in [1.29, 1.82) is 0 Å². The summed E-state index contributed by atoms with van der Waals surface area (Å²) in [6.45, 7) is 6.62. The van der Waals surface area contributed by atoms with Crippen molar-refractivity contribution in [3.8, 4) is 0 Å². The van der Waals surface area contributed by atoms with E-state index >= 15 is 0 Å². The third kappa shape index (κ3) is 5.82. The highest BCUT2D eigenvalue weighted by Gasteiger charge is 2.29. The van der Waals surface area contributed by atoms with E-state index in [4.69, 9.17) is 0 Å². The molecule has 0 radical (unpaired) electrons. The number of carbonyl (C=O) groups is 1. The lowest BCUT2D eigenvalue weighted by atomic mass is 9.98. The number of amides is 1. The summed E-state index contributed by atoms with van der Waals surface area (Å²) >= 11 is 0. The first kappa shape index (κ1) is 21.0. The van der Waals surface area contributed by atoms with Crippen LogP contribution in [0.1, 0.15) is 42.0 Å². The molecule has 0 saturated heterocycles. The second kappa shape index (κ2) is 8.57. The molecule has 0 unspecified atom stereocenters. The average molecular weight is 378 g/mol. The van der Waals surface area contributed by atoms with Gasteiger partial charge in [0.2, 0.25) is 5.91 Å². The van der Waals surface area contributed by atoms with Gasteiger partial charge < -0.3 is 5.32 Å². The summed E-state index contributed by atoms with van der Waals surface area (Å²) in [6.07, 6.45) is -4.34. The van der Waals surface area contributed by atoms with Crippen LogP contribution < -0.4 is 5.32 Å². The zero-order valence-electron chi connectivity index (χ0n) is 16.0. The lowest BCUT2D eigenvalue weighted by Crippen LogP contribution is -2.30. The van der Waals surface area contributed by atoms with Gasteiger partial charge in [-0.2, -0.15) is 13.2 Å². The first-order valence-corrected chi connectivity index (χ1v) is 8.82. The minimum Gasteiger partial charge on any atom is -0.324 e. The van der Waals surface area contributed by atoms with Crippen molar-refractivity contribution in [1.82, 2.24) is 4.90 Å². The van der Waals surface area contributed by atoms with E-state index in [1.807, 2.05) is 25.1 Å². The first-order chi connectivity index (χ1) is 12.6. The van der Waals surface area contributed by atoms with Gasteiger partial charge >= 0.3 is 6.18 Å². The van der Waals surface area contributed by atoms with Crippen molar-refractivity contribution in [2.24, 2.45) is 0 Å². The molecule has 0 bridgehead atoms. The highest BCUT2D eigenvalue weighted by molar-refractivity contribution is 5.93. The van der Waals surface area contributed by atoms with Crippen molar-refractivity contribution in [2.75, 3.05) is 18.9 Å². The van der Waals surface area contributed by atoms with E-state index in [1.165, 1.54) is 12.1 Å². The Morgan fingerprint density at radius 3 is 2.30 bits per heavy atom. The molecule has 1 N–H and O–H groups in total. The fourth-order valence-corrected chi connectivity index (χ4v) is 2.93. The molecule has 0 aromatic heterocycles. The molecule has 0 aliphatic carbocycles. The van der Waals surface area contributed by atoms with Gasteiger partial charge in [-0.3, -0.25) is 9.69 Å². The number of aryl methyl sites for hydroxylation is 1. The molecular weight excluding hydrogens is 353 g/mol. The molecule has 0 saturated carbocycles. The number of halogens is 3. The van der Waals surface area contributed by atoms with Gasteiger partial charge in [0, 0.05) is 12.2 Å². The Labute approximate surface area is 158 Å². The summed E-state index contributed by atoms with van der Waals surface area (Å²) in [6, 6.07) is 10.9. The fraction of sp³-hybridized carbons (Fsp3) is 0.381. The topological polar surface area (TPSA) is 32.3 Å². The number of hydrogen-bond donors (Lipinski definition) is 1. The summed E-state index contributed by atoms with van der Waals surface area (Å²) < 4.78 is 37.9. The van der Waals surface area contributed by atoms with E-state index in [1.54, 1.807) is 11.9 Å². The van der Waals surface area contributed by atoms with Gasteiger partial charge in [-0.15, -0.1) is 0 Å². The van der Waals surface area contributed by atoms with Crippen molar-refractivity contribution < 1.29 is 18.0 Å². The Bertz CT molecular complexity index is 783. The highest BCUT2D eigenvalue weighted by atomic mass is 19.4. The third-order valence-corrected chi connectivity index (χ3v) is 4.34. The third-order valence-electron chi connectivity index (χ3n) is 4.34. The average Bonchev–Trinajstić information content (AvgIpc) is 2.56. The van der Waals surface area contributed by atoms with Crippen LogP contribution in [-0.4, -0.2) is 24.4 Å². The molecule has 0 aliphatic rings. The van der Waals surface area contributed by atoms with Gasteiger partial charge in [0.15, 0.2) is 0 Å². The Hall–Kier alpha value is -2.34. The summed E-state index contributed by atoms with van der Waals surface area (Å²) in [7, 11) is 1.76. The number of rotatable bonds is 6. The van der Waals surface area contributed by atoms with E-state index < -0.39 is 11.7 Å². The highest BCUT2D eigenvalue weighted by Crippen LogP contribution is 2.29. The standard InChI is InChI=1S/C21H25F3N2O/c1-14(2)18-7-5-6-15(3)20(18)25-19(27)13-26(4)12-16-8-10-17(11-9-16)21(22,23)24/h5-11,14H,12-13H2,1-4H3,(H,25,27). The summed E-state index contributed by atoms with van der Waals surface area (Å²) in [5.41, 5.74) is 2.96. The quantitative estimate of drug-likeness (QED) is 0.749. The van der Waals surface area contributed by atoms with Crippen LogP contribution in [0.4, 0.5) is 18.9 Å². The van der Waals surface area contributed by atoms with E-state index in [2.05, 4.69) is 19.2 Å². The SMILES string of the molecule is Cc1cccc(C(C)C)c1NC(=O)CN(C)Cc1ccc(C(F)(F)F)cc1. The van der Waals surface area contributed by atoms with E-state index in [0.717, 1.165) is 34.5 Å². The monoisotopic (exact) mass is 378 g/mol. The minimum atomic E-state index is -4.34. The zero-order chi connectivity index (χ0) is 20.2. The summed E-state index contributed by atoms with van der Waals surface area (Å²) in [4.78, 5) is 14.2. The molecule has 1 amide bonds. The number of hydrogen-bond acceptors (Lipinski definition) is 2. The summed E-state index contributed by atoms with van der Waals surface area (Å²) in [5, 5.41) is 2.98. The van der Waals surface area contributed by atoms with Gasteiger partial charge in [-0.05, 0) is 48.7 Å². The molecule has 0 heterocycles. The molecule has 0 fully saturated rings. The second-order valence-corrected chi connectivity index (χ2v) is 7.11. The van der Waals surface area contributed by atoms with Gasteiger partial charge in [0.25, 0.3) is 0 Å². The number of benzene rings is 2. The number of alkyl halides is 3. The Kier molecular flexibility index (Phi) is 6.65. The molecule has 2 aromatic rings. The van der Waals surface area contributed by atoms with Crippen molar-refractivity contribution in [3.05, 3.63) is 64.7 Å². The van der Waals surface area contributed by atoms with Crippen LogP contribution in [0.3, 0.4) is 0 Å². The molecule has 0 atom stereocenters. The predicted octanol–water partition coefficient (Wildman–Crippen LogP) is 5.21. The lowest BCUT2D eigenvalue weighted by molar-refractivity contribution is -0.137. The maximum atomic E-state index is 12.6. The Morgan fingerprint density at radius 2 is 1.74 bits per heavy atom. The Morgan fingerprint density at radius 1 is 1.11 bits per heavy atom. The maximum Gasteiger partial charge on any atom is 0.416 e. The minimum absolute atomic E-state index is 0.146. The predicted molar refractivity (Wildman–Crippen MR) is 102 cm³/mol. The molecule has 6 heteroatoms. The van der Waals surface area contributed by atoms with Crippen LogP contribution in [0.5, 0.6) is 0 Å². The number of carbonyl (C=O) groups excluding carboxylic acids is 1. The van der Waals surface area contributed by atoms with Crippen LogP contribution in [0, 0.1) is 6.92 Å². The lowest BCUT2D eigenvalue weighted by Gasteiger charge is -2.20.